The Hall–Kier alpha value is -0.380. The number of halogens is 1. The van der Waals surface area contributed by atoms with Gasteiger partial charge >= 0.3 is 0 Å². The van der Waals surface area contributed by atoms with Crippen LogP contribution in [0, 0.1) is 0 Å². The van der Waals surface area contributed by atoms with Gasteiger partial charge in [0.25, 0.3) is 0 Å². The molecular formula is C10H13BrO2. The van der Waals surface area contributed by atoms with Crippen molar-refractivity contribution in [1.82, 2.24) is 0 Å². The van der Waals surface area contributed by atoms with Crippen LogP contribution in [0.2, 0.25) is 0 Å². The highest BCUT2D eigenvalue weighted by atomic mass is 79.9. The highest BCUT2D eigenvalue weighted by Gasteiger charge is 2.11. The van der Waals surface area contributed by atoms with Crippen molar-refractivity contribution in [2.75, 3.05) is 13.7 Å². The second-order valence-electron chi connectivity index (χ2n) is 2.76. The average Bonchev–Trinajstić information content (AvgIpc) is 2.16. The highest BCUT2D eigenvalue weighted by molar-refractivity contribution is 9.10. The summed E-state index contributed by atoms with van der Waals surface area (Å²) < 4.78 is 6.29. The fourth-order valence-electron chi connectivity index (χ4n) is 1.25. The molecule has 1 unspecified atom stereocenters. The molecule has 2 nitrogen and oxygen atoms in total. The summed E-state index contributed by atoms with van der Waals surface area (Å²) in [7, 11) is 1.65. The van der Waals surface area contributed by atoms with Gasteiger partial charge in [0.1, 0.15) is 0 Å². The molecule has 0 aromatic heterocycles. The Bertz CT molecular complexity index is 263. The van der Waals surface area contributed by atoms with Crippen LogP contribution in [0.3, 0.4) is 0 Å². The molecule has 1 N–H and O–H groups in total. The summed E-state index contributed by atoms with van der Waals surface area (Å²) in [6.07, 6.45) is 0.597. The molecule has 0 saturated heterocycles. The molecule has 0 amide bonds. The topological polar surface area (TPSA) is 29.5 Å². The van der Waals surface area contributed by atoms with Gasteiger partial charge in [-0.05, 0) is 11.6 Å². The minimum atomic E-state index is -0.0272. The van der Waals surface area contributed by atoms with Gasteiger partial charge in [-0.1, -0.05) is 34.1 Å². The van der Waals surface area contributed by atoms with Crippen LogP contribution >= 0.6 is 15.9 Å². The van der Waals surface area contributed by atoms with Gasteiger partial charge in [-0.15, -0.1) is 0 Å². The number of rotatable bonds is 4. The monoisotopic (exact) mass is 244 g/mol. The maximum atomic E-state index is 8.82. The van der Waals surface area contributed by atoms with Crippen LogP contribution < -0.4 is 0 Å². The van der Waals surface area contributed by atoms with E-state index in [1.54, 1.807) is 7.11 Å². The Kier molecular flexibility index (Phi) is 4.42. The van der Waals surface area contributed by atoms with Crippen LogP contribution in [0.15, 0.2) is 28.7 Å². The molecule has 0 radical (unpaired) electrons. The first-order valence-electron chi connectivity index (χ1n) is 4.17. The van der Waals surface area contributed by atoms with Gasteiger partial charge in [-0.25, -0.2) is 0 Å². The van der Waals surface area contributed by atoms with Crippen LogP contribution in [0.1, 0.15) is 18.1 Å². The molecule has 0 aliphatic carbocycles. The number of ether oxygens (including phenoxy) is 1. The standard InChI is InChI=1S/C10H13BrO2/c1-13-10(6-7-12)8-4-2-3-5-9(8)11/h2-5,10,12H,6-7H2,1H3. The minimum absolute atomic E-state index is 0.0272. The Morgan fingerprint density at radius 2 is 2.15 bits per heavy atom. The molecule has 3 heteroatoms. The molecule has 0 fully saturated rings. The molecule has 72 valence electrons. The number of methoxy groups -OCH3 is 1. The van der Waals surface area contributed by atoms with E-state index in [9.17, 15) is 0 Å². The molecule has 0 bridgehead atoms. The Morgan fingerprint density at radius 3 is 2.69 bits per heavy atom. The molecular weight excluding hydrogens is 232 g/mol. The van der Waals surface area contributed by atoms with Crippen LogP contribution in [0.5, 0.6) is 0 Å². The van der Waals surface area contributed by atoms with Crippen molar-refractivity contribution in [3.63, 3.8) is 0 Å². The highest BCUT2D eigenvalue weighted by Crippen LogP contribution is 2.27. The number of hydrogen-bond acceptors (Lipinski definition) is 2. The van der Waals surface area contributed by atoms with Crippen LogP contribution in [-0.2, 0) is 4.74 Å². The summed E-state index contributed by atoms with van der Waals surface area (Å²) in [4.78, 5) is 0. The van der Waals surface area contributed by atoms with Gasteiger partial charge in [-0.2, -0.15) is 0 Å². The van der Waals surface area contributed by atoms with Crippen LogP contribution in [0.4, 0.5) is 0 Å². The zero-order chi connectivity index (χ0) is 9.68. The van der Waals surface area contributed by atoms with Crippen LogP contribution in [0.25, 0.3) is 0 Å². The van der Waals surface area contributed by atoms with E-state index >= 15 is 0 Å². The third-order valence-electron chi connectivity index (χ3n) is 1.93. The Morgan fingerprint density at radius 1 is 1.46 bits per heavy atom. The van der Waals surface area contributed by atoms with Crippen molar-refractivity contribution in [1.29, 1.82) is 0 Å². The third kappa shape index (κ3) is 2.79. The van der Waals surface area contributed by atoms with E-state index in [1.165, 1.54) is 0 Å². The SMILES string of the molecule is COC(CCO)c1ccccc1Br. The molecule has 1 atom stereocenters. The van der Waals surface area contributed by atoms with E-state index in [4.69, 9.17) is 9.84 Å². The molecule has 0 aliphatic heterocycles. The van der Waals surface area contributed by atoms with E-state index in [2.05, 4.69) is 15.9 Å². The molecule has 1 aromatic rings. The summed E-state index contributed by atoms with van der Waals surface area (Å²) in [5.74, 6) is 0. The molecule has 1 aromatic carbocycles. The van der Waals surface area contributed by atoms with Gasteiger partial charge in [0, 0.05) is 24.6 Å². The molecule has 0 spiro atoms. The minimum Gasteiger partial charge on any atom is -0.396 e. The third-order valence-corrected chi connectivity index (χ3v) is 2.65. The summed E-state index contributed by atoms with van der Waals surface area (Å²) in [5, 5.41) is 8.82. The normalized spacial score (nSPS) is 12.8. The predicted octanol–water partition coefficient (Wildman–Crippen LogP) is 2.52. The summed E-state index contributed by atoms with van der Waals surface area (Å²) >= 11 is 3.45. The second kappa shape index (κ2) is 5.37. The molecule has 0 aliphatic rings. The Balaban J connectivity index is 2.84. The van der Waals surface area contributed by atoms with E-state index in [0.29, 0.717) is 6.42 Å². The number of aliphatic hydroxyl groups is 1. The molecule has 0 heterocycles. The number of hydrogen-bond donors (Lipinski definition) is 1. The predicted molar refractivity (Wildman–Crippen MR) is 55.6 cm³/mol. The van der Waals surface area contributed by atoms with Gasteiger partial charge in [0.2, 0.25) is 0 Å². The molecule has 13 heavy (non-hydrogen) atoms. The van der Waals surface area contributed by atoms with Crippen molar-refractivity contribution >= 4 is 15.9 Å². The lowest BCUT2D eigenvalue weighted by atomic mass is 10.1. The fourth-order valence-corrected chi connectivity index (χ4v) is 1.79. The van der Waals surface area contributed by atoms with E-state index in [1.807, 2.05) is 24.3 Å². The number of benzene rings is 1. The zero-order valence-electron chi connectivity index (χ0n) is 7.53. The summed E-state index contributed by atoms with van der Waals surface area (Å²) in [6.45, 7) is 0.139. The van der Waals surface area contributed by atoms with E-state index in [-0.39, 0.29) is 12.7 Å². The largest absolute Gasteiger partial charge is 0.396 e. The van der Waals surface area contributed by atoms with Gasteiger partial charge in [-0.3, -0.25) is 0 Å². The quantitative estimate of drug-likeness (QED) is 0.883. The number of aliphatic hydroxyl groups excluding tert-OH is 1. The smallest absolute Gasteiger partial charge is 0.0853 e. The maximum Gasteiger partial charge on any atom is 0.0853 e. The van der Waals surface area contributed by atoms with Crippen molar-refractivity contribution in [3.8, 4) is 0 Å². The lowest BCUT2D eigenvalue weighted by Gasteiger charge is -2.15. The maximum absolute atomic E-state index is 8.82. The van der Waals surface area contributed by atoms with Gasteiger partial charge < -0.3 is 9.84 Å². The zero-order valence-corrected chi connectivity index (χ0v) is 9.12. The fraction of sp³-hybridized carbons (Fsp3) is 0.400. The Labute approximate surface area is 86.7 Å². The first-order chi connectivity index (χ1) is 6.29. The van der Waals surface area contributed by atoms with Gasteiger partial charge in [0.15, 0.2) is 0 Å². The van der Waals surface area contributed by atoms with Crippen molar-refractivity contribution in [2.24, 2.45) is 0 Å². The average molecular weight is 245 g/mol. The summed E-state index contributed by atoms with van der Waals surface area (Å²) in [5.41, 5.74) is 1.08. The van der Waals surface area contributed by atoms with Crippen molar-refractivity contribution < 1.29 is 9.84 Å². The van der Waals surface area contributed by atoms with Crippen LogP contribution in [-0.4, -0.2) is 18.8 Å². The van der Waals surface area contributed by atoms with Gasteiger partial charge in [0.05, 0.1) is 6.10 Å². The van der Waals surface area contributed by atoms with E-state index < -0.39 is 0 Å². The molecule has 1 rings (SSSR count). The first-order valence-corrected chi connectivity index (χ1v) is 4.97. The second-order valence-corrected chi connectivity index (χ2v) is 3.61. The van der Waals surface area contributed by atoms with Crippen molar-refractivity contribution in [2.45, 2.75) is 12.5 Å². The molecule has 0 saturated carbocycles. The first kappa shape index (κ1) is 10.7. The van der Waals surface area contributed by atoms with Crippen molar-refractivity contribution in [3.05, 3.63) is 34.3 Å². The lowest BCUT2D eigenvalue weighted by molar-refractivity contribution is 0.0770. The lowest BCUT2D eigenvalue weighted by Crippen LogP contribution is -2.04. The van der Waals surface area contributed by atoms with E-state index in [0.717, 1.165) is 10.0 Å². The summed E-state index contributed by atoms with van der Waals surface area (Å²) in [6, 6.07) is 7.88.